The Bertz CT molecular complexity index is 1620. The van der Waals surface area contributed by atoms with Gasteiger partial charge in [0, 0.05) is 42.9 Å². The van der Waals surface area contributed by atoms with Crippen LogP contribution in [0.5, 0.6) is 5.75 Å². The van der Waals surface area contributed by atoms with Crippen molar-refractivity contribution in [2.75, 3.05) is 5.32 Å². The fourth-order valence-electron chi connectivity index (χ4n) is 3.95. The summed E-state index contributed by atoms with van der Waals surface area (Å²) in [6, 6.07) is 11.5. The SMILES string of the molecule is Cc1ccc(CC(=O)Nc2ccn(CCC(F)Cn3cc(C(=O)NCc4cccc(OC(F)(F)F)c4)nn3)c(=O)c2)cn1. The van der Waals surface area contributed by atoms with Gasteiger partial charge in [0.15, 0.2) is 5.69 Å². The molecule has 0 aliphatic heterocycles. The molecule has 4 aromatic rings. The molecule has 43 heavy (non-hydrogen) atoms. The van der Waals surface area contributed by atoms with E-state index in [1.54, 1.807) is 24.4 Å². The van der Waals surface area contributed by atoms with Crippen molar-refractivity contribution in [2.45, 2.75) is 51.9 Å². The van der Waals surface area contributed by atoms with Crippen LogP contribution < -0.4 is 20.9 Å². The summed E-state index contributed by atoms with van der Waals surface area (Å²) in [5, 5.41) is 12.6. The number of benzene rings is 1. The number of ether oxygens (including phenoxy) is 1. The fraction of sp³-hybridized carbons (Fsp3) is 0.286. The van der Waals surface area contributed by atoms with E-state index in [1.165, 1.54) is 35.2 Å². The highest BCUT2D eigenvalue weighted by Crippen LogP contribution is 2.23. The van der Waals surface area contributed by atoms with Crippen molar-refractivity contribution in [1.29, 1.82) is 0 Å². The monoisotopic (exact) mass is 601 g/mol. The highest BCUT2D eigenvalue weighted by Gasteiger charge is 2.31. The molecule has 0 saturated heterocycles. The number of pyridine rings is 2. The molecule has 11 nitrogen and oxygen atoms in total. The minimum atomic E-state index is -4.84. The maximum Gasteiger partial charge on any atom is 0.573 e. The van der Waals surface area contributed by atoms with E-state index in [4.69, 9.17) is 0 Å². The Morgan fingerprint density at radius 1 is 1.09 bits per heavy atom. The van der Waals surface area contributed by atoms with Gasteiger partial charge in [-0.05, 0) is 48.7 Å². The third-order valence-electron chi connectivity index (χ3n) is 6.04. The molecule has 0 bridgehead atoms. The molecule has 2 amide bonds. The molecule has 226 valence electrons. The molecule has 2 N–H and O–H groups in total. The van der Waals surface area contributed by atoms with E-state index in [0.717, 1.165) is 28.1 Å². The minimum absolute atomic E-state index is 0.0379. The van der Waals surface area contributed by atoms with Crippen LogP contribution in [0.3, 0.4) is 0 Å². The summed E-state index contributed by atoms with van der Waals surface area (Å²) in [5.74, 6) is -1.38. The Labute approximate surface area is 242 Å². The van der Waals surface area contributed by atoms with Crippen LogP contribution >= 0.6 is 0 Å². The number of anilines is 1. The van der Waals surface area contributed by atoms with E-state index >= 15 is 0 Å². The van der Waals surface area contributed by atoms with Crippen molar-refractivity contribution < 1.29 is 31.9 Å². The molecule has 0 aliphatic carbocycles. The van der Waals surface area contributed by atoms with Crippen LogP contribution in [-0.2, 0) is 30.8 Å². The number of nitrogens with zero attached hydrogens (tertiary/aromatic N) is 5. The maximum atomic E-state index is 14.7. The second-order valence-electron chi connectivity index (χ2n) is 9.57. The van der Waals surface area contributed by atoms with Gasteiger partial charge >= 0.3 is 6.36 Å². The van der Waals surface area contributed by atoms with Gasteiger partial charge in [0.1, 0.15) is 11.9 Å². The molecule has 0 fully saturated rings. The number of carbonyl (C=O) groups excluding carboxylic acids is 2. The Kier molecular flexibility index (Phi) is 9.85. The zero-order chi connectivity index (χ0) is 31.0. The van der Waals surface area contributed by atoms with Crippen LogP contribution in [0.2, 0.25) is 0 Å². The summed E-state index contributed by atoms with van der Waals surface area (Å²) < 4.78 is 58.2. The van der Waals surface area contributed by atoms with Crippen molar-refractivity contribution in [3.05, 3.63) is 100.0 Å². The van der Waals surface area contributed by atoms with Gasteiger partial charge in [0.2, 0.25) is 5.91 Å². The van der Waals surface area contributed by atoms with Gasteiger partial charge in [-0.2, -0.15) is 0 Å². The number of nitrogens with one attached hydrogen (secondary N) is 2. The molecule has 1 aromatic carbocycles. The Balaban J connectivity index is 1.22. The smallest absolute Gasteiger partial charge is 0.406 e. The number of aromatic nitrogens is 5. The molecular formula is C28H27F4N7O4. The first-order valence-corrected chi connectivity index (χ1v) is 13.0. The molecule has 0 aliphatic rings. The Morgan fingerprint density at radius 3 is 2.63 bits per heavy atom. The number of carbonyl (C=O) groups is 2. The molecule has 3 heterocycles. The Hall–Kier alpha value is -5.08. The first-order chi connectivity index (χ1) is 20.4. The van der Waals surface area contributed by atoms with Crippen LogP contribution in [0.4, 0.5) is 23.2 Å². The molecule has 4 rings (SSSR count). The lowest BCUT2D eigenvalue weighted by molar-refractivity contribution is -0.274. The zero-order valence-electron chi connectivity index (χ0n) is 22.8. The zero-order valence-corrected chi connectivity index (χ0v) is 22.8. The maximum absolute atomic E-state index is 14.7. The molecule has 3 aromatic heterocycles. The molecule has 1 atom stereocenters. The Morgan fingerprint density at radius 2 is 1.91 bits per heavy atom. The van der Waals surface area contributed by atoms with Gasteiger partial charge < -0.3 is 19.9 Å². The lowest BCUT2D eigenvalue weighted by atomic mass is 10.2. The topological polar surface area (TPSA) is 133 Å². The molecule has 0 spiro atoms. The number of hydrogen-bond donors (Lipinski definition) is 2. The summed E-state index contributed by atoms with van der Waals surface area (Å²) in [4.78, 5) is 41.3. The quantitative estimate of drug-likeness (QED) is 0.237. The second-order valence-corrected chi connectivity index (χ2v) is 9.57. The van der Waals surface area contributed by atoms with Gasteiger partial charge in [0.25, 0.3) is 11.5 Å². The van der Waals surface area contributed by atoms with Gasteiger partial charge in [-0.15, -0.1) is 18.3 Å². The number of amides is 2. The van der Waals surface area contributed by atoms with E-state index in [1.807, 2.05) is 6.92 Å². The van der Waals surface area contributed by atoms with Crippen LogP contribution in [0.25, 0.3) is 0 Å². The van der Waals surface area contributed by atoms with Crippen LogP contribution in [0.1, 0.15) is 33.7 Å². The highest BCUT2D eigenvalue weighted by atomic mass is 19.4. The van der Waals surface area contributed by atoms with Gasteiger partial charge in [0.05, 0.1) is 19.2 Å². The van der Waals surface area contributed by atoms with Crippen molar-refractivity contribution in [3.63, 3.8) is 0 Å². The largest absolute Gasteiger partial charge is 0.573 e. The molecule has 0 radical (unpaired) electrons. The molecular weight excluding hydrogens is 574 g/mol. The summed E-state index contributed by atoms with van der Waals surface area (Å²) >= 11 is 0. The minimum Gasteiger partial charge on any atom is -0.406 e. The van der Waals surface area contributed by atoms with Gasteiger partial charge in [-0.3, -0.25) is 19.4 Å². The highest BCUT2D eigenvalue weighted by molar-refractivity contribution is 5.92. The van der Waals surface area contributed by atoms with E-state index in [-0.39, 0.29) is 44.1 Å². The first kappa shape index (κ1) is 30.9. The number of rotatable bonds is 12. The number of alkyl halides is 4. The average molecular weight is 602 g/mol. The van der Waals surface area contributed by atoms with Crippen LogP contribution in [0.15, 0.2) is 71.9 Å². The van der Waals surface area contributed by atoms with E-state index in [2.05, 4.69) is 30.7 Å². The lowest BCUT2D eigenvalue weighted by Crippen LogP contribution is -2.24. The predicted molar refractivity (Wildman–Crippen MR) is 146 cm³/mol. The molecule has 0 saturated carbocycles. The normalized spacial score (nSPS) is 12.0. The van der Waals surface area contributed by atoms with Crippen molar-refractivity contribution in [1.82, 2.24) is 29.9 Å². The average Bonchev–Trinajstić information content (AvgIpc) is 3.40. The predicted octanol–water partition coefficient (Wildman–Crippen LogP) is 3.58. The third-order valence-corrected chi connectivity index (χ3v) is 6.04. The van der Waals surface area contributed by atoms with Crippen molar-refractivity contribution in [2.24, 2.45) is 0 Å². The van der Waals surface area contributed by atoms with Crippen LogP contribution in [0, 0.1) is 6.92 Å². The molecule has 15 heteroatoms. The fourth-order valence-corrected chi connectivity index (χ4v) is 3.95. The second kappa shape index (κ2) is 13.7. The van der Waals surface area contributed by atoms with Crippen LogP contribution in [-0.4, -0.2) is 48.9 Å². The third kappa shape index (κ3) is 9.76. The summed E-state index contributed by atoms with van der Waals surface area (Å²) in [6.07, 6.45) is -1.90. The van der Waals surface area contributed by atoms with E-state index < -0.39 is 29.7 Å². The number of hydrogen-bond acceptors (Lipinski definition) is 7. The standard InChI is InChI=1S/C28H27F4N7O4/c1-18-5-6-20(14-33-18)12-25(40)35-22-8-10-38(26(41)13-22)9-7-21(29)16-39-17-24(36-37-39)27(42)34-15-19-3-2-4-23(11-19)43-28(30,31)32/h2-6,8,10-11,13-14,17,21H,7,9,12,15-16H2,1H3,(H,34,42)(H,35,40). The summed E-state index contributed by atoms with van der Waals surface area (Å²) in [5.41, 5.74) is 1.71. The van der Waals surface area contributed by atoms with E-state index in [9.17, 15) is 31.9 Å². The lowest BCUT2D eigenvalue weighted by Gasteiger charge is -2.11. The summed E-state index contributed by atoms with van der Waals surface area (Å²) in [7, 11) is 0. The summed E-state index contributed by atoms with van der Waals surface area (Å²) in [6.45, 7) is 1.57. The van der Waals surface area contributed by atoms with Gasteiger partial charge in [-0.1, -0.05) is 23.4 Å². The first-order valence-electron chi connectivity index (χ1n) is 13.0. The molecule has 1 unspecified atom stereocenters. The van der Waals surface area contributed by atoms with E-state index in [0.29, 0.717) is 11.3 Å². The van der Waals surface area contributed by atoms with Gasteiger partial charge in [-0.25, -0.2) is 9.07 Å². The van der Waals surface area contributed by atoms with Crippen molar-refractivity contribution in [3.8, 4) is 5.75 Å². The number of aryl methyl sites for hydroxylation is 2. The van der Waals surface area contributed by atoms with Crippen molar-refractivity contribution >= 4 is 17.5 Å². The number of halogens is 4.